The van der Waals surface area contributed by atoms with Crippen LogP contribution in [0.1, 0.15) is 17.3 Å². The van der Waals surface area contributed by atoms with Crippen molar-refractivity contribution in [3.05, 3.63) is 23.8 Å². The lowest BCUT2D eigenvalue weighted by molar-refractivity contribution is -0.122. The molecule has 21 heavy (non-hydrogen) atoms. The van der Waals surface area contributed by atoms with Gasteiger partial charge in [0.15, 0.2) is 18.1 Å². The molecule has 3 N–H and O–H groups in total. The summed E-state index contributed by atoms with van der Waals surface area (Å²) in [4.78, 5) is 33.7. The number of benzene rings is 1. The number of ether oxygens (including phenoxy) is 2. The van der Waals surface area contributed by atoms with Gasteiger partial charge in [-0.15, -0.1) is 0 Å². The quantitative estimate of drug-likeness (QED) is 0.709. The highest BCUT2D eigenvalue weighted by molar-refractivity contribution is 5.95. The van der Waals surface area contributed by atoms with E-state index in [4.69, 9.17) is 14.6 Å². The lowest BCUT2D eigenvalue weighted by Crippen LogP contribution is -2.41. The fraction of sp³-hybridized carbons (Fsp3) is 0.308. The van der Waals surface area contributed by atoms with Crippen LogP contribution >= 0.6 is 0 Å². The number of urea groups is 1. The van der Waals surface area contributed by atoms with Gasteiger partial charge in [0.05, 0.1) is 7.11 Å². The summed E-state index contributed by atoms with van der Waals surface area (Å²) in [5.41, 5.74) is -0.139. The number of aromatic carboxylic acids is 1. The normalized spacial score (nSPS) is 9.62. The van der Waals surface area contributed by atoms with Crippen LogP contribution in [0.15, 0.2) is 18.2 Å². The van der Waals surface area contributed by atoms with E-state index < -0.39 is 24.5 Å². The minimum atomic E-state index is -1.21. The molecule has 0 fully saturated rings. The molecule has 0 unspecified atom stereocenters. The number of imide groups is 1. The van der Waals surface area contributed by atoms with Crippen molar-refractivity contribution >= 4 is 17.9 Å². The Morgan fingerprint density at radius 3 is 2.57 bits per heavy atom. The first-order valence-corrected chi connectivity index (χ1v) is 6.10. The van der Waals surface area contributed by atoms with Gasteiger partial charge in [0.1, 0.15) is 5.56 Å². The Balaban J connectivity index is 2.76. The van der Waals surface area contributed by atoms with Crippen LogP contribution in [-0.4, -0.2) is 43.3 Å². The molecule has 0 aromatic heterocycles. The van der Waals surface area contributed by atoms with Crippen LogP contribution in [-0.2, 0) is 4.79 Å². The minimum absolute atomic E-state index is 0.0708. The molecule has 0 aliphatic rings. The molecule has 0 saturated carbocycles. The van der Waals surface area contributed by atoms with Crippen LogP contribution < -0.4 is 20.1 Å². The number of hydrogen-bond donors (Lipinski definition) is 3. The number of hydrogen-bond acceptors (Lipinski definition) is 5. The molecule has 0 aliphatic carbocycles. The van der Waals surface area contributed by atoms with Gasteiger partial charge >= 0.3 is 12.0 Å². The Kier molecular flexibility index (Phi) is 5.99. The molecule has 1 aromatic rings. The molecule has 114 valence electrons. The fourth-order valence-electron chi connectivity index (χ4n) is 1.50. The van der Waals surface area contributed by atoms with Crippen molar-refractivity contribution < 1.29 is 29.0 Å². The van der Waals surface area contributed by atoms with Crippen LogP contribution in [0.5, 0.6) is 11.5 Å². The molecule has 0 bridgehead atoms. The zero-order chi connectivity index (χ0) is 15.8. The van der Waals surface area contributed by atoms with Gasteiger partial charge < -0.3 is 19.9 Å². The van der Waals surface area contributed by atoms with Crippen LogP contribution in [0, 0.1) is 0 Å². The smallest absolute Gasteiger partial charge is 0.339 e. The van der Waals surface area contributed by atoms with Gasteiger partial charge in [0, 0.05) is 6.54 Å². The maximum absolute atomic E-state index is 11.5. The summed E-state index contributed by atoms with van der Waals surface area (Å²) in [6.07, 6.45) is 0. The van der Waals surface area contributed by atoms with E-state index in [9.17, 15) is 14.4 Å². The Hall–Kier alpha value is -2.77. The van der Waals surface area contributed by atoms with Crippen molar-refractivity contribution in [2.24, 2.45) is 0 Å². The Morgan fingerprint density at radius 2 is 2.00 bits per heavy atom. The van der Waals surface area contributed by atoms with Crippen molar-refractivity contribution in [1.82, 2.24) is 10.6 Å². The average Bonchev–Trinajstić information content (AvgIpc) is 2.44. The third kappa shape index (κ3) is 4.68. The molecule has 0 aliphatic heterocycles. The van der Waals surface area contributed by atoms with Gasteiger partial charge in [-0.2, -0.15) is 0 Å². The predicted molar refractivity (Wildman–Crippen MR) is 72.7 cm³/mol. The molecule has 3 amide bonds. The summed E-state index contributed by atoms with van der Waals surface area (Å²) in [6.45, 7) is 1.56. The van der Waals surface area contributed by atoms with Gasteiger partial charge in [-0.1, -0.05) is 6.07 Å². The molecule has 1 rings (SSSR count). The number of para-hydroxylation sites is 1. The second-order valence-corrected chi connectivity index (χ2v) is 3.84. The molecule has 8 nitrogen and oxygen atoms in total. The van der Waals surface area contributed by atoms with E-state index in [1.807, 2.05) is 5.32 Å². The third-order valence-corrected chi connectivity index (χ3v) is 2.37. The fourth-order valence-corrected chi connectivity index (χ4v) is 1.50. The van der Waals surface area contributed by atoms with E-state index in [-0.39, 0.29) is 17.1 Å². The van der Waals surface area contributed by atoms with Crippen LogP contribution in [0.25, 0.3) is 0 Å². The first-order valence-electron chi connectivity index (χ1n) is 6.10. The summed E-state index contributed by atoms with van der Waals surface area (Å²) >= 11 is 0. The van der Waals surface area contributed by atoms with Crippen LogP contribution in [0.3, 0.4) is 0 Å². The minimum Gasteiger partial charge on any atom is -0.493 e. The maximum Gasteiger partial charge on any atom is 0.339 e. The van der Waals surface area contributed by atoms with E-state index in [1.165, 1.54) is 25.3 Å². The summed E-state index contributed by atoms with van der Waals surface area (Å²) in [6, 6.07) is 3.67. The molecule has 8 heteroatoms. The maximum atomic E-state index is 11.5. The molecule has 0 saturated heterocycles. The number of methoxy groups -OCH3 is 1. The van der Waals surface area contributed by atoms with Gasteiger partial charge in [-0.3, -0.25) is 10.1 Å². The summed E-state index contributed by atoms with van der Waals surface area (Å²) in [5, 5.41) is 13.5. The number of carboxylic acid groups (broad SMARTS) is 1. The number of nitrogens with one attached hydrogen (secondary N) is 2. The van der Waals surface area contributed by atoms with E-state index in [2.05, 4.69) is 5.32 Å². The highest BCUT2D eigenvalue weighted by atomic mass is 16.5. The molecule has 0 atom stereocenters. The molecule has 0 heterocycles. The second kappa shape index (κ2) is 7.73. The molecular weight excluding hydrogens is 280 g/mol. The van der Waals surface area contributed by atoms with Gasteiger partial charge in [0.25, 0.3) is 5.91 Å². The van der Waals surface area contributed by atoms with E-state index in [0.29, 0.717) is 6.54 Å². The van der Waals surface area contributed by atoms with Gasteiger partial charge in [-0.25, -0.2) is 9.59 Å². The largest absolute Gasteiger partial charge is 0.493 e. The summed E-state index contributed by atoms with van der Waals surface area (Å²) < 4.78 is 10.2. The van der Waals surface area contributed by atoms with Gasteiger partial charge in [0.2, 0.25) is 0 Å². The Labute approximate surface area is 121 Å². The number of carbonyl (C=O) groups is 3. The van der Waals surface area contributed by atoms with Crippen molar-refractivity contribution in [3.63, 3.8) is 0 Å². The predicted octanol–water partition coefficient (Wildman–Crippen LogP) is 0.618. The summed E-state index contributed by atoms with van der Waals surface area (Å²) in [7, 11) is 1.35. The lowest BCUT2D eigenvalue weighted by atomic mass is 10.2. The topological polar surface area (TPSA) is 114 Å². The number of rotatable bonds is 6. The van der Waals surface area contributed by atoms with Crippen LogP contribution in [0.4, 0.5) is 4.79 Å². The Bertz CT molecular complexity index is 543. The zero-order valence-electron chi connectivity index (χ0n) is 11.6. The van der Waals surface area contributed by atoms with E-state index >= 15 is 0 Å². The second-order valence-electron chi connectivity index (χ2n) is 3.84. The third-order valence-electron chi connectivity index (χ3n) is 2.37. The molecule has 0 radical (unpaired) electrons. The first kappa shape index (κ1) is 16.3. The standard InChI is InChI=1S/C13H16N2O6/c1-3-14-13(19)15-10(16)7-21-11-8(12(17)18)5-4-6-9(11)20-2/h4-6H,3,7H2,1-2H3,(H,17,18)(H2,14,15,16,19). The number of carboxylic acids is 1. The Morgan fingerprint density at radius 1 is 1.29 bits per heavy atom. The monoisotopic (exact) mass is 296 g/mol. The highest BCUT2D eigenvalue weighted by Gasteiger charge is 2.17. The van der Waals surface area contributed by atoms with Crippen molar-refractivity contribution in [2.75, 3.05) is 20.3 Å². The lowest BCUT2D eigenvalue weighted by Gasteiger charge is -2.12. The SMILES string of the molecule is CCNC(=O)NC(=O)COc1c(OC)cccc1C(=O)O. The van der Waals surface area contributed by atoms with Crippen molar-refractivity contribution in [3.8, 4) is 11.5 Å². The van der Waals surface area contributed by atoms with Crippen molar-refractivity contribution in [1.29, 1.82) is 0 Å². The number of amides is 3. The van der Waals surface area contributed by atoms with E-state index in [0.717, 1.165) is 0 Å². The van der Waals surface area contributed by atoms with Crippen molar-refractivity contribution in [2.45, 2.75) is 6.92 Å². The summed E-state index contributed by atoms with van der Waals surface area (Å²) in [5.74, 6) is -1.81. The molecule has 1 aromatic carbocycles. The first-order chi connectivity index (χ1) is 9.99. The zero-order valence-corrected chi connectivity index (χ0v) is 11.6. The molecule has 0 spiro atoms. The van der Waals surface area contributed by atoms with Crippen LogP contribution in [0.2, 0.25) is 0 Å². The highest BCUT2D eigenvalue weighted by Crippen LogP contribution is 2.30. The van der Waals surface area contributed by atoms with E-state index in [1.54, 1.807) is 6.92 Å². The van der Waals surface area contributed by atoms with Gasteiger partial charge in [-0.05, 0) is 19.1 Å². The number of carbonyl (C=O) groups excluding carboxylic acids is 2. The molecular formula is C13H16N2O6. The average molecular weight is 296 g/mol.